The van der Waals surface area contributed by atoms with Crippen molar-refractivity contribution in [2.24, 2.45) is 11.7 Å². The van der Waals surface area contributed by atoms with Gasteiger partial charge >= 0.3 is 0 Å². The molecule has 3 nitrogen and oxygen atoms in total. The average molecular weight is 347 g/mol. The van der Waals surface area contributed by atoms with Crippen LogP contribution in [-0.4, -0.2) is 5.91 Å². The fourth-order valence-electron chi connectivity index (χ4n) is 2.73. The molecule has 1 amide bonds. The summed E-state index contributed by atoms with van der Waals surface area (Å²) >= 11 is 0. The minimum absolute atomic E-state index is 0. The number of hydrogen-bond acceptors (Lipinski definition) is 2. The summed E-state index contributed by atoms with van der Waals surface area (Å²) in [5.41, 5.74) is 8.40. The molecule has 3 unspecified atom stereocenters. The molecule has 0 fully saturated rings. The van der Waals surface area contributed by atoms with Gasteiger partial charge in [-0.15, -0.1) is 12.4 Å². The Bertz CT molecular complexity index is 604. The van der Waals surface area contributed by atoms with Gasteiger partial charge in [-0.05, 0) is 17.5 Å². The Kier molecular flexibility index (Phi) is 8.51. The number of halogens is 1. The number of hydrogen-bond donors (Lipinski definition) is 2. The van der Waals surface area contributed by atoms with Gasteiger partial charge in [-0.3, -0.25) is 4.79 Å². The van der Waals surface area contributed by atoms with Crippen LogP contribution in [0.15, 0.2) is 60.7 Å². The highest BCUT2D eigenvalue weighted by atomic mass is 35.5. The predicted octanol–water partition coefficient (Wildman–Crippen LogP) is 4.40. The maximum Gasteiger partial charge on any atom is 0.225 e. The molecule has 0 saturated carbocycles. The number of benzene rings is 2. The molecule has 0 aliphatic rings. The van der Waals surface area contributed by atoms with Crippen molar-refractivity contribution in [2.75, 3.05) is 0 Å². The van der Waals surface area contributed by atoms with E-state index in [2.05, 4.69) is 24.4 Å². The van der Waals surface area contributed by atoms with Gasteiger partial charge in [-0.1, -0.05) is 80.9 Å². The van der Waals surface area contributed by atoms with Crippen LogP contribution in [0.25, 0.3) is 0 Å². The van der Waals surface area contributed by atoms with E-state index in [4.69, 9.17) is 5.73 Å². The molecule has 0 heterocycles. The van der Waals surface area contributed by atoms with Gasteiger partial charge in [-0.25, -0.2) is 0 Å². The first-order valence-corrected chi connectivity index (χ1v) is 8.29. The third kappa shape index (κ3) is 5.36. The van der Waals surface area contributed by atoms with Crippen LogP contribution in [0.2, 0.25) is 0 Å². The summed E-state index contributed by atoms with van der Waals surface area (Å²) < 4.78 is 0. The van der Waals surface area contributed by atoms with Crippen LogP contribution in [0, 0.1) is 5.92 Å². The van der Waals surface area contributed by atoms with Crippen LogP contribution >= 0.6 is 12.4 Å². The maximum absolute atomic E-state index is 12.6. The van der Waals surface area contributed by atoms with E-state index in [-0.39, 0.29) is 36.3 Å². The molecular formula is C20H27ClN2O. The Hall–Kier alpha value is -1.84. The maximum atomic E-state index is 12.6. The first kappa shape index (κ1) is 20.2. The van der Waals surface area contributed by atoms with Gasteiger partial charge in [0.1, 0.15) is 0 Å². The molecule has 4 heteroatoms. The molecule has 0 spiro atoms. The smallest absolute Gasteiger partial charge is 0.225 e. The summed E-state index contributed by atoms with van der Waals surface area (Å²) in [5.74, 6) is -0.274. The molecule has 24 heavy (non-hydrogen) atoms. The van der Waals surface area contributed by atoms with Crippen LogP contribution in [0.1, 0.15) is 49.9 Å². The zero-order chi connectivity index (χ0) is 16.7. The molecule has 2 aromatic rings. The van der Waals surface area contributed by atoms with Gasteiger partial charge in [-0.2, -0.15) is 0 Å². The second-order valence-corrected chi connectivity index (χ2v) is 5.99. The van der Waals surface area contributed by atoms with Crippen molar-refractivity contribution in [3.05, 3.63) is 71.8 Å². The van der Waals surface area contributed by atoms with Gasteiger partial charge < -0.3 is 11.1 Å². The topological polar surface area (TPSA) is 55.1 Å². The minimum Gasteiger partial charge on any atom is -0.349 e. The number of nitrogens with one attached hydrogen (secondary N) is 1. The van der Waals surface area contributed by atoms with Gasteiger partial charge in [0.25, 0.3) is 0 Å². The van der Waals surface area contributed by atoms with Crippen molar-refractivity contribution in [1.29, 1.82) is 0 Å². The number of carbonyl (C=O) groups is 1. The van der Waals surface area contributed by atoms with Gasteiger partial charge in [0.05, 0.1) is 12.0 Å². The summed E-state index contributed by atoms with van der Waals surface area (Å²) in [6, 6.07) is 19.6. The Labute approximate surface area is 151 Å². The Balaban J connectivity index is 0.00000288. The van der Waals surface area contributed by atoms with Gasteiger partial charge in [0.15, 0.2) is 0 Å². The fourth-order valence-corrected chi connectivity index (χ4v) is 2.73. The summed E-state index contributed by atoms with van der Waals surface area (Å²) in [5, 5.41) is 3.17. The molecule has 3 N–H and O–H groups in total. The van der Waals surface area contributed by atoms with Crippen LogP contribution < -0.4 is 11.1 Å². The lowest BCUT2D eigenvalue weighted by atomic mass is 9.93. The molecule has 0 radical (unpaired) electrons. The highest BCUT2D eigenvalue weighted by molar-refractivity contribution is 5.85. The lowest BCUT2D eigenvalue weighted by Crippen LogP contribution is -2.37. The van der Waals surface area contributed by atoms with Crippen LogP contribution in [0.4, 0.5) is 0 Å². The third-order valence-electron chi connectivity index (χ3n) is 4.23. The summed E-state index contributed by atoms with van der Waals surface area (Å²) in [7, 11) is 0. The lowest BCUT2D eigenvalue weighted by Gasteiger charge is -2.24. The molecule has 130 valence electrons. The van der Waals surface area contributed by atoms with Crippen molar-refractivity contribution < 1.29 is 4.79 Å². The highest BCUT2D eigenvalue weighted by Gasteiger charge is 2.24. The van der Waals surface area contributed by atoms with Crippen LogP contribution in [0.3, 0.4) is 0 Å². The van der Waals surface area contributed by atoms with Gasteiger partial charge in [0, 0.05) is 6.04 Å². The number of nitrogens with two attached hydrogens (primary N) is 1. The largest absolute Gasteiger partial charge is 0.349 e. The number of carbonyl (C=O) groups excluding carboxylic acids is 1. The van der Waals surface area contributed by atoms with E-state index in [0.717, 1.165) is 24.0 Å². The zero-order valence-electron chi connectivity index (χ0n) is 14.3. The van der Waals surface area contributed by atoms with Crippen LogP contribution in [-0.2, 0) is 4.79 Å². The lowest BCUT2D eigenvalue weighted by molar-refractivity contribution is -0.126. The second-order valence-electron chi connectivity index (χ2n) is 5.99. The van der Waals surface area contributed by atoms with E-state index in [0.29, 0.717) is 0 Å². The van der Waals surface area contributed by atoms with Crippen LogP contribution in [0.5, 0.6) is 0 Å². The molecule has 0 aliphatic carbocycles. The Morgan fingerprint density at radius 1 is 1.00 bits per heavy atom. The molecule has 2 aromatic carbocycles. The summed E-state index contributed by atoms with van der Waals surface area (Å²) in [4.78, 5) is 12.6. The second kappa shape index (κ2) is 10.1. The van der Waals surface area contributed by atoms with Crippen molar-refractivity contribution >= 4 is 18.3 Å². The summed E-state index contributed by atoms with van der Waals surface area (Å²) in [6.07, 6.45) is 1.93. The molecule has 0 saturated heterocycles. The predicted molar refractivity (Wildman–Crippen MR) is 102 cm³/mol. The Morgan fingerprint density at radius 3 is 2.00 bits per heavy atom. The fraction of sp³-hybridized carbons (Fsp3) is 0.350. The van der Waals surface area contributed by atoms with E-state index in [1.807, 2.05) is 55.5 Å². The van der Waals surface area contributed by atoms with E-state index in [9.17, 15) is 4.79 Å². The SMILES string of the molecule is CCCC(NC(=O)C(C)C(N)c1ccccc1)c1ccccc1.Cl. The molecule has 0 aliphatic heterocycles. The van der Waals surface area contributed by atoms with Gasteiger partial charge in [0.2, 0.25) is 5.91 Å². The third-order valence-corrected chi connectivity index (χ3v) is 4.23. The van der Waals surface area contributed by atoms with Crippen molar-refractivity contribution in [3.8, 4) is 0 Å². The molecule has 0 bridgehead atoms. The molecule has 0 aromatic heterocycles. The summed E-state index contributed by atoms with van der Waals surface area (Å²) in [6.45, 7) is 4.02. The highest BCUT2D eigenvalue weighted by Crippen LogP contribution is 2.22. The van der Waals surface area contributed by atoms with E-state index in [1.165, 1.54) is 0 Å². The van der Waals surface area contributed by atoms with E-state index < -0.39 is 0 Å². The quantitative estimate of drug-likeness (QED) is 0.780. The Morgan fingerprint density at radius 2 is 1.50 bits per heavy atom. The van der Waals surface area contributed by atoms with Crippen molar-refractivity contribution in [3.63, 3.8) is 0 Å². The first-order valence-electron chi connectivity index (χ1n) is 8.29. The number of rotatable bonds is 7. The normalized spacial score (nSPS) is 14.1. The van der Waals surface area contributed by atoms with Crippen molar-refractivity contribution in [1.82, 2.24) is 5.32 Å². The van der Waals surface area contributed by atoms with E-state index in [1.54, 1.807) is 0 Å². The number of amides is 1. The minimum atomic E-state index is -0.297. The average Bonchev–Trinajstić information content (AvgIpc) is 2.61. The standard InChI is InChI=1S/C20H26N2O.ClH/c1-3-10-18(16-11-6-4-7-12-16)22-20(23)15(2)19(21)17-13-8-5-9-14-17;/h4-9,11-15,18-19H,3,10,21H2,1-2H3,(H,22,23);1H. The zero-order valence-corrected chi connectivity index (χ0v) is 15.1. The van der Waals surface area contributed by atoms with E-state index >= 15 is 0 Å². The molecule has 3 atom stereocenters. The van der Waals surface area contributed by atoms with Crippen molar-refractivity contribution in [2.45, 2.75) is 38.8 Å². The first-order chi connectivity index (χ1) is 11.1. The monoisotopic (exact) mass is 346 g/mol. The molecule has 2 rings (SSSR count). The molecular weight excluding hydrogens is 320 g/mol.